The average Bonchev–Trinajstić information content (AvgIpc) is 2.99. The first-order valence-electron chi connectivity index (χ1n) is 8.02. The molecule has 0 spiro atoms. The fourth-order valence-corrected chi connectivity index (χ4v) is 3.47. The molecular weight excluding hydrogens is 274 g/mol. The zero-order chi connectivity index (χ0) is 14.9. The van der Waals surface area contributed by atoms with Crippen LogP contribution < -0.4 is 11.1 Å². The van der Waals surface area contributed by atoms with Crippen LogP contribution in [0.5, 0.6) is 0 Å². The summed E-state index contributed by atoms with van der Waals surface area (Å²) in [4.78, 5) is 8.95. The number of rotatable bonds is 3. The van der Waals surface area contributed by atoms with Crippen LogP contribution >= 0.6 is 0 Å². The number of benzene rings is 1. The van der Waals surface area contributed by atoms with Gasteiger partial charge in [0.15, 0.2) is 5.82 Å². The van der Waals surface area contributed by atoms with Crippen LogP contribution in [0.15, 0.2) is 30.6 Å². The van der Waals surface area contributed by atoms with Crippen molar-refractivity contribution in [2.75, 3.05) is 18.8 Å². The molecule has 1 atom stereocenters. The van der Waals surface area contributed by atoms with E-state index in [-0.39, 0.29) is 0 Å². The third-order valence-electron chi connectivity index (χ3n) is 4.66. The minimum atomic E-state index is 0.520. The van der Waals surface area contributed by atoms with E-state index in [1.165, 1.54) is 19.3 Å². The number of aromatic nitrogens is 3. The maximum Gasteiger partial charge on any atom is 0.152 e. The Labute approximate surface area is 129 Å². The number of aryl methyl sites for hydroxylation is 1. The van der Waals surface area contributed by atoms with Crippen molar-refractivity contribution in [2.45, 2.75) is 25.8 Å². The Balaban J connectivity index is 1.71. The van der Waals surface area contributed by atoms with Crippen molar-refractivity contribution in [3.05, 3.63) is 30.6 Å². The Morgan fingerprint density at radius 2 is 2.23 bits per heavy atom. The third-order valence-corrected chi connectivity index (χ3v) is 4.66. The van der Waals surface area contributed by atoms with E-state index in [1.807, 2.05) is 24.5 Å². The summed E-state index contributed by atoms with van der Waals surface area (Å²) < 4.78 is 2.24. The molecule has 22 heavy (non-hydrogen) atoms. The lowest BCUT2D eigenvalue weighted by atomic mass is 9.96. The lowest BCUT2D eigenvalue weighted by molar-refractivity contribution is 0.343. The second-order valence-electron chi connectivity index (χ2n) is 6.15. The first-order valence-corrected chi connectivity index (χ1v) is 8.02. The smallest absolute Gasteiger partial charge is 0.152 e. The van der Waals surface area contributed by atoms with Crippen LogP contribution in [-0.2, 0) is 6.54 Å². The maximum absolute atomic E-state index is 6.08. The molecule has 5 nitrogen and oxygen atoms in total. The van der Waals surface area contributed by atoms with E-state index >= 15 is 0 Å². The molecule has 0 aliphatic carbocycles. The summed E-state index contributed by atoms with van der Waals surface area (Å²) in [5.41, 5.74) is 8.95. The number of hydrogen-bond acceptors (Lipinski definition) is 4. The highest BCUT2D eigenvalue weighted by atomic mass is 15.1. The van der Waals surface area contributed by atoms with Crippen LogP contribution in [0.3, 0.4) is 0 Å². The van der Waals surface area contributed by atoms with Crippen LogP contribution in [0.25, 0.3) is 21.9 Å². The molecule has 0 radical (unpaired) electrons. The molecular formula is C17H21N5. The first-order chi connectivity index (χ1) is 10.8. The second-order valence-corrected chi connectivity index (χ2v) is 6.15. The van der Waals surface area contributed by atoms with Gasteiger partial charge in [0.2, 0.25) is 0 Å². The average molecular weight is 295 g/mol. The fraction of sp³-hybridized carbons (Fsp3) is 0.412. The van der Waals surface area contributed by atoms with Crippen LogP contribution in [0.1, 0.15) is 19.3 Å². The van der Waals surface area contributed by atoms with Gasteiger partial charge in [-0.2, -0.15) is 0 Å². The number of anilines is 1. The number of nitrogens with one attached hydrogen (secondary N) is 1. The van der Waals surface area contributed by atoms with Crippen molar-refractivity contribution >= 4 is 27.8 Å². The minimum Gasteiger partial charge on any atom is -0.382 e. The Morgan fingerprint density at radius 1 is 1.32 bits per heavy atom. The van der Waals surface area contributed by atoms with Gasteiger partial charge in [0.25, 0.3) is 0 Å². The largest absolute Gasteiger partial charge is 0.382 e. The summed E-state index contributed by atoms with van der Waals surface area (Å²) in [6.07, 6.45) is 5.69. The first kappa shape index (κ1) is 13.5. The van der Waals surface area contributed by atoms with Gasteiger partial charge in [-0.15, -0.1) is 0 Å². The molecule has 3 heterocycles. The van der Waals surface area contributed by atoms with Crippen molar-refractivity contribution < 1.29 is 0 Å². The van der Waals surface area contributed by atoms with E-state index in [9.17, 15) is 0 Å². The van der Waals surface area contributed by atoms with E-state index in [4.69, 9.17) is 5.73 Å². The predicted molar refractivity (Wildman–Crippen MR) is 89.7 cm³/mol. The van der Waals surface area contributed by atoms with Crippen molar-refractivity contribution in [1.82, 2.24) is 19.9 Å². The van der Waals surface area contributed by atoms with Gasteiger partial charge in [-0.25, -0.2) is 9.97 Å². The Hall–Kier alpha value is -2.14. The maximum atomic E-state index is 6.08. The van der Waals surface area contributed by atoms with Crippen LogP contribution in [-0.4, -0.2) is 27.6 Å². The molecule has 1 aliphatic heterocycles. The van der Waals surface area contributed by atoms with Gasteiger partial charge >= 0.3 is 0 Å². The van der Waals surface area contributed by atoms with Gasteiger partial charge in [-0.05, 0) is 44.3 Å². The molecule has 5 heteroatoms. The molecule has 3 aromatic rings. The lowest BCUT2D eigenvalue weighted by Crippen LogP contribution is -2.30. The quantitative estimate of drug-likeness (QED) is 0.779. The highest BCUT2D eigenvalue weighted by Gasteiger charge is 2.15. The number of hydrogen-bond donors (Lipinski definition) is 2. The summed E-state index contributed by atoms with van der Waals surface area (Å²) in [6, 6.07) is 8.15. The third kappa shape index (κ3) is 2.31. The highest BCUT2D eigenvalue weighted by Crippen LogP contribution is 2.27. The number of pyridine rings is 1. The number of nitrogen functional groups attached to an aromatic ring is 1. The Bertz CT molecular complexity index is 801. The zero-order valence-corrected chi connectivity index (χ0v) is 12.6. The molecule has 1 fully saturated rings. The zero-order valence-electron chi connectivity index (χ0n) is 12.6. The molecule has 2 aromatic heterocycles. The van der Waals surface area contributed by atoms with Crippen molar-refractivity contribution in [1.29, 1.82) is 0 Å². The summed E-state index contributed by atoms with van der Waals surface area (Å²) >= 11 is 0. The summed E-state index contributed by atoms with van der Waals surface area (Å²) in [5.74, 6) is 1.28. The monoisotopic (exact) mass is 295 g/mol. The van der Waals surface area contributed by atoms with E-state index < -0.39 is 0 Å². The van der Waals surface area contributed by atoms with Gasteiger partial charge in [-0.3, -0.25) is 0 Å². The molecule has 0 amide bonds. The summed E-state index contributed by atoms with van der Waals surface area (Å²) in [5, 5.41) is 4.62. The number of para-hydroxylation sites is 1. The standard InChI is InChI=1S/C17H21N5/c18-17-15-16(13-5-1-2-6-14(13)21-17)22(11-20-15)9-7-12-4-3-8-19-10-12/h1-2,5-6,11-12,19H,3-4,7-10H2,(H2,18,21). The summed E-state index contributed by atoms with van der Waals surface area (Å²) in [7, 11) is 0. The SMILES string of the molecule is Nc1nc2ccccc2c2c1ncn2CCC1CCCNC1. The molecule has 0 bridgehead atoms. The minimum absolute atomic E-state index is 0.520. The van der Waals surface area contributed by atoms with Gasteiger partial charge in [0, 0.05) is 11.9 Å². The van der Waals surface area contributed by atoms with Crippen molar-refractivity contribution in [3.8, 4) is 0 Å². The van der Waals surface area contributed by atoms with Crippen LogP contribution in [0.4, 0.5) is 5.82 Å². The van der Waals surface area contributed by atoms with Gasteiger partial charge < -0.3 is 15.6 Å². The van der Waals surface area contributed by atoms with E-state index in [2.05, 4.69) is 25.9 Å². The predicted octanol–water partition coefficient (Wildman–Crippen LogP) is 2.56. The topological polar surface area (TPSA) is 68.8 Å². The number of imidazole rings is 1. The molecule has 114 valence electrons. The highest BCUT2D eigenvalue weighted by molar-refractivity contribution is 6.06. The number of fused-ring (bicyclic) bond motifs is 3. The van der Waals surface area contributed by atoms with E-state index in [0.717, 1.165) is 47.5 Å². The van der Waals surface area contributed by atoms with E-state index in [0.29, 0.717) is 5.82 Å². The van der Waals surface area contributed by atoms with Crippen LogP contribution in [0.2, 0.25) is 0 Å². The summed E-state index contributed by atoms with van der Waals surface area (Å²) in [6.45, 7) is 3.28. The fourth-order valence-electron chi connectivity index (χ4n) is 3.47. The normalized spacial score (nSPS) is 19.0. The van der Waals surface area contributed by atoms with Crippen LogP contribution in [0, 0.1) is 5.92 Å². The second kappa shape index (κ2) is 5.57. The van der Waals surface area contributed by atoms with Crippen molar-refractivity contribution in [3.63, 3.8) is 0 Å². The molecule has 1 saturated heterocycles. The van der Waals surface area contributed by atoms with Gasteiger partial charge in [-0.1, -0.05) is 18.2 Å². The Kier molecular flexibility index (Phi) is 3.42. The number of nitrogens with two attached hydrogens (primary N) is 1. The molecule has 1 aromatic carbocycles. The Morgan fingerprint density at radius 3 is 3.09 bits per heavy atom. The molecule has 3 N–H and O–H groups in total. The van der Waals surface area contributed by atoms with Crippen molar-refractivity contribution in [2.24, 2.45) is 5.92 Å². The molecule has 1 unspecified atom stereocenters. The number of piperidine rings is 1. The number of nitrogens with zero attached hydrogens (tertiary/aromatic N) is 3. The molecule has 0 saturated carbocycles. The van der Waals surface area contributed by atoms with Gasteiger partial charge in [0.05, 0.1) is 17.4 Å². The lowest BCUT2D eigenvalue weighted by Gasteiger charge is -2.22. The molecule has 4 rings (SSSR count). The van der Waals surface area contributed by atoms with Gasteiger partial charge in [0.1, 0.15) is 5.52 Å². The van der Waals surface area contributed by atoms with E-state index in [1.54, 1.807) is 0 Å². The molecule has 1 aliphatic rings.